The monoisotopic (exact) mass is 248 g/mol. The highest BCUT2D eigenvalue weighted by Gasteiger charge is 2.15. The highest BCUT2D eigenvalue weighted by atomic mass is 16.5. The number of anilines is 1. The molecule has 1 saturated heterocycles. The van der Waals surface area contributed by atoms with Crippen LogP contribution in [0.25, 0.3) is 11.1 Å². The minimum absolute atomic E-state index is 0.249. The van der Waals surface area contributed by atoms with E-state index < -0.39 is 0 Å². The van der Waals surface area contributed by atoms with Gasteiger partial charge < -0.3 is 19.6 Å². The zero-order valence-corrected chi connectivity index (χ0v) is 10.1. The smallest absolute Gasteiger partial charge is 0.221 e. The Morgan fingerprint density at radius 1 is 1.33 bits per heavy atom. The molecule has 0 atom stereocenters. The third-order valence-electron chi connectivity index (χ3n) is 3.07. The van der Waals surface area contributed by atoms with Crippen molar-refractivity contribution in [3.63, 3.8) is 0 Å². The van der Waals surface area contributed by atoms with Gasteiger partial charge in [0.15, 0.2) is 5.58 Å². The Morgan fingerprint density at radius 2 is 2.17 bits per heavy atom. The average molecular weight is 248 g/mol. The fourth-order valence-corrected chi connectivity index (χ4v) is 2.09. The van der Waals surface area contributed by atoms with Gasteiger partial charge in [0.2, 0.25) is 5.89 Å². The minimum atomic E-state index is 0.249. The van der Waals surface area contributed by atoms with Crippen molar-refractivity contribution in [3.8, 4) is 0 Å². The standard InChI is InChI=1S/C13H16N2O3/c14-9-1-2-12-11(7-9)15-13(18-12)8-17-10-3-5-16-6-4-10/h1-2,7,10H,3-6,8,14H2. The van der Waals surface area contributed by atoms with Crippen LogP contribution in [0.1, 0.15) is 18.7 Å². The van der Waals surface area contributed by atoms with Crippen LogP contribution >= 0.6 is 0 Å². The molecule has 1 aliphatic heterocycles. The molecular formula is C13H16N2O3. The third-order valence-corrected chi connectivity index (χ3v) is 3.07. The molecule has 18 heavy (non-hydrogen) atoms. The first-order chi connectivity index (χ1) is 8.81. The first-order valence-electron chi connectivity index (χ1n) is 6.15. The fourth-order valence-electron chi connectivity index (χ4n) is 2.09. The number of nitrogen functional groups attached to an aromatic ring is 1. The van der Waals surface area contributed by atoms with Crippen molar-refractivity contribution in [2.24, 2.45) is 0 Å². The van der Waals surface area contributed by atoms with Gasteiger partial charge in [0, 0.05) is 18.9 Å². The number of nitrogens with zero attached hydrogens (tertiary/aromatic N) is 1. The summed E-state index contributed by atoms with van der Waals surface area (Å²) < 4.78 is 16.6. The zero-order valence-electron chi connectivity index (χ0n) is 10.1. The molecular weight excluding hydrogens is 232 g/mol. The maximum atomic E-state index is 5.76. The molecule has 5 heteroatoms. The number of rotatable bonds is 3. The normalized spacial score (nSPS) is 17.3. The van der Waals surface area contributed by atoms with Gasteiger partial charge in [0.25, 0.3) is 0 Å². The second-order valence-electron chi connectivity index (χ2n) is 4.46. The molecule has 0 unspecified atom stereocenters. The summed E-state index contributed by atoms with van der Waals surface area (Å²) in [6.45, 7) is 1.95. The number of oxazole rings is 1. The number of hydrogen-bond donors (Lipinski definition) is 1. The molecule has 0 saturated carbocycles. The van der Waals surface area contributed by atoms with Gasteiger partial charge in [0.1, 0.15) is 12.1 Å². The van der Waals surface area contributed by atoms with Gasteiger partial charge in [-0.25, -0.2) is 4.98 Å². The predicted octanol–water partition coefficient (Wildman–Crippen LogP) is 2.11. The van der Waals surface area contributed by atoms with E-state index >= 15 is 0 Å². The van der Waals surface area contributed by atoms with E-state index in [2.05, 4.69) is 4.98 Å². The number of ether oxygens (including phenoxy) is 2. The lowest BCUT2D eigenvalue weighted by Gasteiger charge is -2.21. The van der Waals surface area contributed by atoms with Gasteiger partial charge >= 0.3 is 0 Å². The number of fused-ring (bicyclic) bond motifs is 1. The lowest BCUT2D eigenvalue weighted by Crippen LogP contribution is -2.23. The maximum Gasteiger partial charge on any atom is 0.221 e. The van der Waals surface area contributed by atoms with Gasteiger partial charge in [0.05, 0.1) is 6.10 Å². The SMILES string of the molecule is Nc1ccc2oc(COC3CCOCC3)nc2c1. The molecule has 2 aromatic rings. The van der Waals surface area contributed by atoms with Crippen molar-refractivity contribution in [2.75, 3.05) is 18.9 Å². The Labute approximate surface area is 105 Å². The summed E-state index contributed by atoms with van der Waals surface area (Å²) >= 11 is 0. The van der Waals surface area contributed by atoms with Crippen molar-refractivity contribution in [1.29, 1.82) is 0 Å². The second-order valence-corrected chi connectivity index (χ2v) is 4.46. The Morgan fingerprint density at radius 3 is 3.00 bits per heavy atom. The topological polar surface area (TPSA) is 70.5 Å². The highest BCUT2D eigenvalue weighted by molar-refractivity contribution is 5.76. The van der Waals surface area contributed by atoms with Gasteiger partial charge in [-0.15, -0.1) is 0 Å². The van der Waals surface area contributed by atoms with Crippen LogP contribution in [0.2, 0.25) is 0 Å². The van der Waals surface area contributed by atoms with Gasteiger partial charge in [-0.2, -0.15) is 0 Å². The molecule has 2 heterocycles. The molecule has 2 N–H and O–H groups in total. The lowest BCUT2D eigenvalue weighted by atomic mass is 10.2. The van der Waals surface area contributed by atoms with E-state index in [-0.39, 0.29) is 6.10 Å². The number of benzene rings is 1. The van der Waals surface area contributed by atoms with Gasteiger partial charge in [-0.05, 0) is 31.0 Å². The van der Waals surface area contributed by atoms with Crippen LogP contribution in [0, 0.1) is 0 Å². The summed E-state index contributed by atoms with van der Waals surface area (Å²) in [5, 5.41) is 0. The van der Waals surface area contributed by atoms with Crippen LogP contribution < -0.4 is 5.73 Å². The average Bonchev–Trinajstić information content (AvgIpc) is 2.79. The van der Waals surface area contributed by atoms with Crippen LogP contribution in [0.15, 0.2) is 22.6 Å². The molecule has 0 radical (unpaired) electrons. The number of nitrogens with two attached hydrogens (primary N) is 1. The molecule has 5 nitrogen and oxygen atoms in total. The van der Waals surface area contributed by atoms with E-state index in [1.807, 2.05) is 6.07 Å². The Hall–Kier alpha value is -1.59. The van der Waals surface area contributed by atoms with Crippen molar-refractivity contribution in [1.82, 2.24) is 4.98 Å². The molecule has 0 aliphatic carbocycles. The third kappa shape index (κ3) is 2.47. The van der Waals surface area contributed by atoms with E-state index in [1.54, 1.807) is 12.1 Å². The van der Waals surface area contributed by atoms with E-state index in [1.165, 1.54) is 0 Å². The van der Waals surface area contributed by atoms with Crippen molar-refractivity contribution >= 4 is 16.8 Å². The second kappa shape index (κ2) is 4.96. The summed E-state index contributed by atoms with van der Waals surface area (Å²) in [6.07, 6.45) is 2.12. The van der Waals surface area contributed by atoms with E-state index in [9.17, 15) is 0 Å². The summed E-state index contributed by atoms with van der Waals surface area (Å²) in [6, 6.07) is 5.43. The Balaban J connectivity index is 1.67. The molecule has 96 valence electrons. The van der Waals surface area contributed by atoms with Crippen molar-refractivity contribution in [2.45, 2.75) is 25.6 Å². The first-order valence-corrected chi connectivity index (χ1v) is 6.15. The van der Waals surface area contributed by atoms with Crippen LogP contribution in [-0.2, 0) is 16.1 Å². The molecule has 0 bridgehead atoms. The number of hydrogen-bond acceptors (Lipinski definition) is 5. The van der Waals surface area contributed by atoms with Crippen LogP contribution in [-0.4, -0.2) is 24.3 Å². The number of aromatic nitrogens is 1. The lowest BCUT2D eigenvalue weighted by molar-refractivity contribution is -0.0442. The fraction of sp³-hybridized carbons (Fsp3) is 0.462. The highest BCUT2D eigenvalue weighted by Crippen LogP contribution is 2.20. The summed E-state index contributed by atoms with van der Waals surface area (Å²) in [5.74, 6) is 0.599. The van der Waals surface area contributed by atoms with Gasteiger partial charge in [-0.3, -0.25) is 0 Å². The summed E-state index contributed by atoms with van der Waals surface area (Å²) in [7, 11) is 0. The first kappa shape index (κ1) is 11.5. The quantitative estimate of drug-likeness (QED) is 0.842. The van der Waals surface area contributed by atoms with Crippen LogP contribution in [0.3, 0.4) is 0 Å². The summed E-state index contributed by atoms with van der Waals surface area (Å²) in [5.41, 5.74) is 7.91. The van der Waals surface area contributed by atoms with Crippen LogP contribution in [0.4, 0.5) is 5.69 Å². The molecule has 3 rings (SSSR count). The van der Waals surface area contributed by atoms with E-state index in [0.717, 1.165) is 37.2 Å². The van der Waals surface area contributed by atoms with Crippen LogP contribution in [0.5, 0.6) is 0 Å². The largest absolute Gasteiger partial charge is 0.438 e. The molecule has 1 aromatic carbocycles. The summed E-state index contributed by atoms with van der Waals surface area (Å²) in [4.78, 5) is 4.36. The van der Waals surface area contributed by atoms with Crippen molar-refractivity contribution < 1.29 is 13.9 Å². The molecule has 1 aliphatic rings. The molecule has 0 spiro atoms. The van der Waals surface area contributed by atoms with E-state index in [0.29, 0.717) is 18.2 Å². The Bertz CT molecular complexity index is 532. The molecule has 1 fully saturated rings. The van der Waals surface area contributed by atoms with Crippen molar-refractivity contribution in [3.05, 3.63) is 24.1 Å². The zero-order chi connectivity index (χ0) is 12.4. The predicted molar refractivity (Wildman–Crippen MR) is 67.1 cm³/mol. The van der Waals surface area contributed by atoms with Gasteiger partial charge in [-0.1, -0.05) is 0 Å². The molecule has 1 aromatic heterocycles. The van der Waals surface area contributed by atoms with E-state index in [4.69, 9.17) is 19.6 Å². The maximum absolute atomic E-state index is 5.76. The Kier molecular flexibility index (Phi) is 3.17. The minimum Gasteiger partial charge on any atom is -0.438 e. The molecule has 0 amide bonds.